The monoisotopic (exact) mass is 312 g/mol. The van der Waals surface area contributed by atoms with Crippen LogP contribution in [0.4, 0.5) is 8.78 Å². The van der Waals surface area contributed by atoms with Crippen LogP contribution in [0, 0.1) is 11.6 Å². The summed E-state index contributed by atoms with van der Waals surface area (Å²) in [7, 11) is 0. The molecule has 2 rings (SSSR count). The molecule has 0 saturated carbocycles. The number of rotatable bonds is 2. The van der Waals surface area contributed by atoms with Crippen LogP contribution in [0.15, 0.2) is 46.9 Å². The third-order valence-electron chi connectivity index (χ3n) is 2.86. The van der Waals surface area contributed by atoms with E-state index in [2.05, 4.69) is 15.9 Å². The fourth-order valence-corrected chi connectivity index (χ4v) is 2.06. The molecule has 1 atom stereocenters. The molecule has 0 heterocycles. The lowest BCUT2D eigenvalue weighted by molar-refractivity contribution is 0.0975. The molecule has 0 aliphatic rings. The molecule has 0 saturated heterocycles. The summed E-state index contributed by atoms with van der Waals surface area (Å²) in [5, 5.41) is 10.4. The molecule has 1 nitrogen and oxygen atoms in total. The molecule has 0 aliphatic heterocycles. The lowest BCUT2D eigenvalue weighted by Gasteiger charge is -2.25. The summed E-state index contributed by atoms with van der Waals surface area (Å²) in [4.78, 5) is 0. The normalized spacial score (nSPS) is 14.3. The van der Waals surface area contributed by atoms with Crippen molar-refractivity contribution in [2.75, 3.05) is 0 Å². The van der Waals surface area contributed by atoms with Crippen LogP contribution in [0.2, 0.25) is 0 Å². The van der Waals surface area contributed by atoms with Gasteiger partial charge in [0.05, 0.1) is 0 Å². The largest absolute Gasteiger partial charge is 0.381 e. The Kier molecular flexibility index (Phi) is 3.50. The Morgan fingerprint density at radius 3 is 2.28 bits per heavy atom. The Bertz CT molecular complexity index is 565. The maximum absolute atomic E-state index is 13.7. The van der Waals surface area contributed by atoms with Crippen molar-refractivity contribution in [3.05, 3.63) is 69.7 Å². The molecule has 94 valence electrons. The first kappa shape index (κ1) is 13.2. The first-order chi connectivity index (χ1) is 8.41. The Labute approximate surface area is 112 Å². The van der Waals surface area contributed by atoms with Crippen LogP contribution >= 0.6 is 15.9 Å². The van der Waals surface area contributed by atoms with Gasteiger partial charge in [-0.3, -0.25) is 0 Å². The number of hydrogen-bond donors (Lipinski definition) is 1. The third-order valence-corrected chi connectivity index (χ3v) is 3.39. The zero-order valence-electron chi connectivity index (χ0n) is 9.62. The highest BCUT2D eigenvalue weighted by molar-refractivity contribution is 9.10. The molecule has 0 amide bonds. The molecule has 2 aromatic rings. The van der Waals surface area contributed by atoms with E-state index in [1.54, 1.807) is 24.3 Å². The Morgan fingerprint density at radius 2 is 1.67 bits per heavy atom. The quantitative estimate of drug-likeness (QED) is 0.889. The lowest BCUT2D eigenvalue weighted by Crippen LogP contribution is -2.24. The van der Waals surface area contributed by atoms with Crippen molar-refractivity contribution >= 4 is 15.9 Å². The molecule has 0 aromatic heterocycles. The Balaban J connectivity index is 2.53. The van der Waals surface area contributed by atoms with E-state index < -0.39 is 17.2 Å². The van der Waals surface area contributed by atoms with Gasteiger partial charge in [0.1, 0.15) is 17.2 Å². The molecule has 0 bridgehead atoms. The van der Waals surface area contributed by atoms with Crippen LogP contribution in [0.3, 0.4) is 0 Å². The zero-order valence-corrected chi connectivity index (χ0v) is 11.2. The number of aliphatic hydroxyl groups is 1. The first-order valence-electron chi connectivity index (χ1n) is 5.35. The van der Waals surface area contributed by atoms with Gasteiger partial charge >= 0.3 is 0 Å². The highest BCUT2D eigenvalue weighted by atomic mass is 79.9. The van der Waals surface area contributed by atoms with Gasteiger partial charge in [0.2, 0.25) is 0 Å². The fourth-order valence-electron chi connectivity index (χ4n) is 1.80. The van der Waals surface area contributed by atoms with Gasteiger partial charge in [-0.05, 0) is 42.8 Å². The molecule has 0 spiro atoms. The predicted molar refractivity (Wildman–Crippen MR) is 69.2 cm³/mol. The lowest BCUT2D eigenvalue weighted by atomic mass is 9.88. The molecule has 0 fully saturated rings. The van der Waals surface area contributed by atoms with Crippen molar-refractivity contribution in [2.24, 2.45) is 0 Å². The topological polar surface area (TPSA) is 20.2 Å². The Hall–Kier alpha value is -1.26. The number of benzene rings is 2. The summed E-state index contributed by atoms with van der Waals surface area (Å²) in [6.45, 7) is 1.44. The van der Waals surface area contributed by atoms with Gasteiger partial charge < -0.3 is 5.11 Å². The van der Waals surface area contributed by atoms with Crippen molar-refractivity contribution in [1.29, 1.82) is 0 Å². The molecular weight excluding hydrogens is 302 g/mol. The average Bonchev–Trinajstić information content (AvgIpc) is 2.32. The molecular formula is C14H11BrF2O. The van der Waals surface area contributed by atoms with E-state index in [0.29, 0.717) is 5.56 Å². The molecule has 4 heteroatoms. The van der Waals surface area contributed by atoms with Crippen LogP contribution in [0.25, 0.3) is 0 Å². The minimum Gasteiger partial charge on any atom is -0.381 e. The van der Waals surface area contributed by atoms with Crippen LogP contribution in [0.5, 0.6) is 0 Å². The first-order valence-corrected chi connectivity index (χ1v) is 6.14. The summed E-state index contributed by atoms with van der Waals surface area (Å²) in [6, 6.07) is 9.84. The second kappa shape index (κ2) is 4.78. The van der Waals surface area contributed by atoms with E-state index in [9.17, 15) is 13.9 Å². The van der Waals surface area contributed by atoms with Gasteiger partial charge in [-0.25, -0.2) is 8.78 Å². The standard InChI is InChI=1S/C14H11BrF2O/c1-14(18,9-2-4-10(15)5-3-9)12-8-11(16)6-7-13(12)17/h2-8,18H,1H3. The SMILES string of the molecule is CC(O)(c1ccc(Br)cc1)c1cc(F)ccc1F. The average molecular weight is 313 g/mol. The summed E-state index contributed by atoms with van der Waals surface area (Å²) >= 11 is 3.28. The highest BCUT2D eigenvalue weighted by Crippen LogP contribution is 2.32. The van der Waals surface area contributed by atoms with Gasteiger partial charge in [-0.15, -0.1) is 0 Å². The van der Waals surface area contributed by atoms with Crippen molar-refractivity contribution in [3.8, 4) is 0 Å². The second-order valence-electron chi connectivity index (χ2n) is 4.20. The van der Waals surface area contributed by atoms with E-state index in [1.165, 1.54) is 6.92 Å². The van der Waals surface area contributed by atoms with E-state index in [0.717, 1.165) is 22.7 Å². The van der Waals surface area contributed by atoms with Crippen LogP contribution in [0.1, 0.15) is 18.1 Å². The third kappa shape index (κ3) is 2.44. The van der Waals surface area contributed by atoms with E-state index in [1.807, 2.05) is 0 Å². The van der Waals surface area contributed by atoms with Gasteiger partial charge in [-0.1, -0.05) is 28.1 Å². The van der Waals surface area contributed by atoms with Crippen molar-refractivity contribution in [3.63, 3.8) is 0 Å². The van der Waals surface area contributed by atoms with E-state index in [4.69, 9.17) is 0 Å². The van der Waals surface area contributed by atoms with Crippen LogP contribution in [-0.4, -0.2) is 5.11 Å². The maximum Gasteiger partial charge on any atom is 0.129 e. The summed E-state index contributed by atoms with van der Waals surface area (Å²) in [6.07, 6.45) is 0. The molecule has 2 aromatic carbocycles. The smallest absolute Gasteiger partial charge is 0.129 e. The van der Waals surface area contributed by atoms with Crippen LogP contribution < -0.4 is 0 Å². The highest BCUT2D eigenvalue weighted by Gasteiger charge is 2.29. The summed E-state index contributed by atoms with van der Waals surface area (Å²) < 4.78 is 27.7. The van der Waals surface area contributed by atoms with E-state index in [-0.39, 0.29) is 5.56 Å². The van der Waals surface area contributed by atoms with Gasteiger partial charge in [0.15, 0.2) is 0 Å². The molecule has 1 unspecified atom stereocenters. The molecule has 0 radical (unpaired) electrons. The molecule has 1 N–H and O–H groups in total. The van der Waals surface area contributed by atoms with Gasteiger partial charge in [0.25, 0.3) is 0 Å². The van der Waals surface area contributed by atoms with E-state index >= 15 is 0 Å². The van der Waals surface area contributed by atoms with Gasteiger partial charge in [-0.2, -0.15) is 0 Å². The van der Waals surface area contributed by atoms with Crippen LogP contribution in [-0.2, 0) is 5.60 Å². The minimum atomic E-state index is -1.58. The number of hydrogen-bond acceptors (Lipinski definition) is 1. The zero-order chi connectivity index (χ0) is 13.3. The predicted octanol–water partition coefficient (Wildman–Crippen LogP) is 3.98. The second-order valence-corrected chi connectivity index (χ2v) is 5.12. The maximum atomic E-state index is 13.7. The minimum absolute atomic E-state index is 0.0789. The fraction of sp³-hybridized carbons (Fsp3) is 0.143. The molecule has 18 heavy (non-hydrogen) atoms. The summed E-state index contributed by atoms with van der Waals surface area (Å²) in [5.41, 5.74) is -1.16. The Morgan fingerprint density at radius 1 is 1.06 bits per heavy atom. The summed E-state index contributed by atoms with van der Waals surface area (Å²) in [5.74, 6) is -1.21. The van der Waals surface area contributed by atoms with Gasteiger partial charge in [0, 0.05) is 10.0 Å². The van der Waals surface area contributed by atoms with Crippen molar-refractivity contribution in [2.45, 2.75) is 12.5 Å². The molecule has 0 aliphatic carbocycles. The van der Waals surface area contributed by atoms with Crippen molar-refractivity contribution in [1.82, 2.24) is 0 Å². The van der Waals surface area contributed by atoms with Crippen molar-refractivity contribution < 1.29 is 13.9 Å². The number of halogens is 3.